The molecule has 1 aliphatic carbocycles. The fourth-order valence-corrected chi connectivity index (χ4v) is 4.48. The number of hydrogen-bond acceptors (Lipinski definition) is 5. The molecule has 1 saturated heterocycles. The molecule has 1 aromatic carbocycles. The van der Waals surface area contributed by atoms with Gasteiger partial charge >= 0.3 is 0 Å². The van der Waals surface area contributed by atoms with Gasteiger partial charge in [-0.15, -0.1) is 0 Å². The zero-order valence-corrected chi connectivity index (χ0v) is 12.8. The van der Waals surface area contributed by atoms with Crippen LogP contribution in [0.25, 0.3) is 0 Å². The first-order valence-corrected chi connectivity index (χ1v) is 7.64. The van der Waals surface area contributed by atoms with E-state index in [1.165, 1.54) is 0 Å². The fourth-order valence-electron chi connectivity index (χ4n) is 4.48. The van der Waals surface area contributed by atoms with Crippen LogP contribution in [0.4, 0.5) is 0 Å². The fraction of sp³-hybridized carbons (Fsp3) is 0.529. The summed E-state index contributed by atoms with van der Waals surface area (Å²) in [7, 11) is 3.27. The van der Waals surface area contributed by atoms with Crippen molar-refractivity contribution in [2.45, 2.75) is 36.6 Å². The third-order valence-electron chi connectivity index (χ3n) is 5.54. The molecule has 0 radical (unpaired) electrons. The smallest absolute Gasteiger partial charge is 0.160 e. The highest BCUT2D eigenvalue weighted by molar-refractivity contribution is 5.55. The Kier molecular flexibility index (Phi) is 3.01. The van der Waals surface area contributed by atoms with E-state index in [0.717, 1.165) is 24.1 Å². The van der Waals surface area contributed by atoms with E-state index >= 15 is 0 Å². The molecule has 5 unspecified atom stereocenters. The van der Waals surface area contributed by atoms with Gasteiger partial charge in [0.15, 0.2) is 11.5 Å². The van der Waals surface area contributed by atoms with Crippen molar-refractivity contribution in [3.8, 4) is 11.5 Å². The number of fused-ring (bicyclic) bond motifs is 1. The van der Waals surface area contributed by atoms with Gasteiger partial charge in [-0.3, -0.25) is 4.90 Å². The molecule has 5 heteroatoms. The number of rotatable bonds is 2. The van der Waals surface area contributed by atoms with Gasteiger partial charge in [0.05, 0.1) is 24.7 Å². The lowest BCUT2D eigenvalue weighted by molar-refractivity contribution is 0.0659. The van der Waals surface area contributed by atoms with Crippen LogP contribution in [0, 0.1) is 0 Å². The van der Waals surface area contributed by atoms with Gasteiger partial charge in [0.2, 0.25) is 0 Å². The van der Waals surface area contributed by atoms with Crippen molar-refractivity contribution in [3.63, 3.8) is 0 Å². The summed E-state index contributed by atoms with van der Waals surface area (Å²) >= 11 is 0. The average molecular weight is 303 g/mol. The van der Waals surface area contributed by atoms with Gasteiger partial charge in [0, 0.05) is 26.2 Å². The lowest BCUT2D eigenvalue weighted by atomic mass is 9.65. The highest BCUT2D eigenvalue weighted by Crippen LogP contribution is 2.52. The molecule has 1 aromatic rings. The Bertz CT molecular complexity index is 644. The summed E-state index contributed by atoms with van der Waals surface area (Å²) in [5.41, 5.74) is 1.70. The van der Waals surface area contributed by atoms with Crippen LogP contribution < -0.4 is 4.74 Å². The SMILES string of the molecule is COc1cc2c(cc1O)CN1CC(O)C23C=CC(OC)CC13. The summed E-state index contributed by atoms with van der Waals surface area (Å²) < 4.78 is 10.8. The van der Waals surface area contributed by atoms with Crippen LogP contribution >= 0.6 is 0 Å². The minimum absolute atomic E-state index is 0.0893. The topological polar surface area (TPSA) is 62.2 Å². The molecular formula is C17H21NO4. The van der Waals surface area contributed by atoms with Gasteiger partial charge in [-0.1, -0.05) is 12.2 Å². The predicted octanol–water partition coefficient (Wildman–Crippen LogP) is 1.17. The summed E-state index contributed by atoms with van der Waals surface area (Å²) in [6, 6.07) is 3.88. The largest absolute Gasteiger partial charge is 0.504 e. The van der Waals surface area contributed by atoms with Crippen molar-refractivity contribution >= 4 is 0 Å². The first-order chi connectivity index (χ1) is 10.6. The minimum Gasteiger partial charge on any atom is -0.504 e. The molecule has 2 heterocycles. The monoisotopic (exact) mass is 303 g/mol. The first-order valence-electron chi connectivity index (χ1n) is 7.64. The number of hydrogen-bond donors (Lipinski definition) is 2. The summed E-state index contributed by atoms with van der Waals surface area (Å²) in [5.74, 6) is 0.613. The molecule has 2 bridgehead atoms. The second-order valence-electron chi connectivity index (χ2n) is 6.44. The van der Waals surface area contributed by atoms with Crippen LogP contribution in [0.15, 0.2) is 24.3 Å². The molecule has 5 nitrogen and oxygen atoms in total. The maximum atomic E-state index is 10.8. The number of aliphatic hydroxyl groups is 1. The highest BCUT2D eigenvalue weighted by atomic mass is 16.5. The van der Waals surface area contributed by atoms with E-state index in [-0.39, 0.29) is 17.9 Å². The number of phenols is 1. The number of benzene rings is 1. The Morgan fingerprint density at radius 2 is 2.14 bits per heavy atom. The molecule has 0 aromatic heterocycles. The molecule has 5 atom stereocenters. The Morgan fingerprint density at radius 3 is 2.86 bits per heavy atom. The predicted molar refractivity (Wildman–Crippen MR) is 81.1 cm³/mol. The van der Waals surface area contributed by atoms with Crippen LogP contribution in [0.1, 0.15) is 17.5 Å². The quantitative estimate of drug-likeness (QED) is 0.803. The Balaban J connectivity index is 1.92. The van der Waals surface area contributed by atoms with Crippen LogP contribution in [0.2, 0.25) is 0 Å². The standard InChI is InChI=1S/C17H21NO4/c1-21-11-3-4-17-12-7-14(22-2)13(19)5-10(12)8-18(9-16(17)20)15(17)6-11/h3-5,7,11,15-16,19-20H,6,8-9H2,1-2H3. The number of aliphatic hydroxyl groups excluding tert-OH is 1. The number of methoxy groups -OCH3 is 2. The van der Waals surface area contributed by atoms with Crippen molar-refractivity contribution in [2.75, 3.05) is 20.8 Å². The van der Waals surface area contributed by atoms with E-state index in [4.69, 9.17) is 9.47 Å². The number of ether oxygens (including phenoxy) is 2. The molecule has 0 saturated carbocycles. The second kappa shape index (κ2) is 4.72. The van der Waals surface area contributed by atoms with Crippen molar-refractivity contribution in [1.82, 2.24) is 4.90 Å². The van der Waals surface area contributed by atoms with Crippen molar-refractivity contribution < 1.29 is 19.7 Å². The molecule has 2 aliphatic heterocycles. The number of phenolic OH excluding ortho intramolecular Hbond substituents is 1. The second-order valence-corrected chi connectivity index (χ2v) is 6.44. The van der Waals surface area contributed by atoms with Crippen molar-refractivity contribution in [1.29, 1.82) is 0 Å². The number of nitrogens with zero attached hydrogens (tertiary/aromatic N) is 1. The zero-order chi connectivity index (χ0) is 15.5. The average Bonchev–Trinajstić information content (AvgIpc) is 2.73. The first kappa shape index (κ1) is 14.1. The normalized spacial score (nSPS) is 38.5. The molecule has 22 heavy (non-hydrogen) atoms. The maximum Gasteiger partial charge on any atom is 0.160 e. The molecule has 1 fully saturated rings. The van der Waals surface area contributed by atoms with E-state index < -0.39 is 11.5 Å². The Labute approximate surface area is 129 Å². The van der Waals surface area contributed by atoms with Crippen LogP contribution in [-0.2, 0) is 16.7 Å². The van der Waals surface area contributed by atoms with Gasteiger partial charge in [0.25, 0.3) is 0 Å². The molecule has 3 aliphatic rings. The van der Waals surface area contributed by atoms with Crippen LogP contribution in [-0.4, -0.2) is 54.1 Å². The lowest BCUT2D eigenvalue weighted by Gasteiger charge is -2.46. The van der Waals surface area contributed by atoms with E-state index in [2.05, 4.69) is 17.1 Å². The van der Waals surface area contributed by atoms with E-state index in [9.17, 15) is 10.2 Å². The van der Waals surface area contributed by atoms with Crippen molar-refractivity contribution in [2.24, 2.45) is 0 Å². The summed E-state index contributed by atoms with van der Waals surface area (Å²) in [6.07, 6.45) is 4.66. The van der Waals surface area contributed by atoms with Gasteiger partial charge in [-0.25, -0.2) is 0 Å². The van der Waals surface area contributed by atoms with Crippen LogP contribution in [0.3, 0.4) is 0 Å². The Hall–Kier alpha value is -1.56. The number of aromatic hydroxyl groups is 1. The van der Waals surface area contributed by atoms with Gasteiger partial charge in [-0.2, -0.15) is 0 Å². The Morgan fingerprint density at radius 1 is 1.32 bits per heavy atom. The molecular weight excluding hydrogens is 282 g/mol. The third-order valence-corrected chi connectivity index (χ3v) is 5.54. The summed E-state index contributed by atoms with van der Waals surface area (Å²) in [5, 5.41) is 20.8. The molecule has 118 valence electrons. The molecule has 4 rings (SSSR count). The highest BCUT2D eigenvalue weighted by Gasteiger charge is 2.58. The van der Waals surface area contributed by atoms with E-state index in [1.807, 2.05) is 6.07 Å². The third kappa shape index (κ3) is 1.64. The van der Waals surface area contributed by atoms with E-state index in [1.54, 1.807) is 20.3 Å². The van der Waals surface area contributed by atoms with Crippen molar-refractivity contribution in [3.05, 3.63) is 35.4 Å². The van der Waals surface area contributed by atoms with Gasteiger partial charge in [-0.05, 0) is 29.7 Å². The summed E-state index contributed by atoms with van der Waals surface area (Å²) in [6.45, 7) is 1.38. The molecule has 2 N–H and O–H groups in total. The van der Waals surface area contributed by atoms with E-state index in [0.29, 0.717) is 12.3 Å². The summed E-state index contributed by atoms with van der Waals surface area (Å²) in [4.78, 5) is 2.30. The lowest BCUT2D eigenvalue weighted by Crippen LogP contribution is -2.52. The maximum absolute atomic E-state index is 10.8. The molecule has 0 spiro atoms. The zero-order valence-electron chi connectivity index (χ0n) is 12.8. The minimum atomic E-state index is -0.456. The molecule has 0 amide bonds. The van der Waals surface area contributed by atoms with Crippen LogP contribution in [0.5, 0.6) is 11.5 Å². The van der Waals surface area contributed by atoms with Gasteiger partial charge in [0.1, 0.15) is 0 Å². The van der Waals surface area contributed by atoms with Gasteiger partial charge < -0.3 is 19.7 Å².